The normalized spacial score (nSPS) is 10.2. The molecule has 0 aliphatic heterocycles. The molecule has 0 atom stereocenters. The highest BCUT2D eigenvalue weighted by Gasteiger charge is 2.03. The topological polar surface area (TPSA) is 81.8 Å². The fourth-order valence-electron chi connectivity index (χ4n) is 0.880. The Morgan fingerprint density at radius 3 is 2.93 bits per heavy atom. The van der Waals surface area contributed by atoms with E-state index < -0.39 is 10.9 Å². The zero-order chi connectivity index (χ0) is 11.3. The Hall–Kier alpha value is -2.24. The molecule has 78 valence electrons. The molecule has 0 saturated carbocycles. The third kappa shape index (κ3) is 3.55. The van der Waals surface area contributed by atoms with Gasteiger partial charge >= 0.3 is 5.97 Å². The molecule has 0 amide bonds. The van der Waals surface area contributed by atoms with Crippen LogP contribution in [0.5, 0.6) is 0 Å². The van der Waals surface area contributed by atoms with Gasteiger partial charge in [-0.15, -0.1) is 0 Å². The Balaban J connectivity index is 2.78. The predicted octanol–water partition coefficient (Wildman–Crippen LogP) is 1.49. The van der Waals surface area contributed by atoms with Crippen LogP contribution in [0.3, 0.4) is 0 Å². The average molecular weight is 208 g/mol. The molecule has 15 heavy (non-hydrogen) atoms. The van der Waals surface area contributed by atoms with Crippen LogP contribution in [0.25, 0.3) is 0 Å². The van der Waals surface area contributed by atoms with Crippen molar-refractivity contribution in [1.82, 2.24) is 0 Å². The van der Waals surface area contributed by atoms with Crippen molar-refractivity contribution in [3.8, 4) is 0 Å². The quantitative estimate of drug-likeness (QED) is 0.326. The average Bonchev–Trinajstić information content (AvgIpc) is 2.17. The molecule has 0 N–H and O–H groups in total. The van der Waals surface area contributed by atoms with Crippen molar-refractivity contribution < 1.29 is 14.6 Å². The number of nitro groups is 1. The van der Waals surface area contributed by atoms with E-state index in [-0.39, 0.29) is 5.69 Å². The number of benzene rings is 1. The summed E-state index contributed by atoms with van der Waals surface area (Å²) in [6.07, 6.45) is 1.23. The van der Waals surface area contributed by atoms with Crippen LogP contribution in [0.4, 0.5) is 5.69 Å². The number of rotatable bonds is 3. The second-order valence-corrected chi connectivity index (χ2v) is 2.67. The van der Waals surface area contributed by atoms with E-state index in [0.29, 0.717) is 5.56 Å². The van der Waals surface area contributed by atoms with E-state index in [1.807, 2.05) is 0 Å². The van der Waals surface area contributed by atoms with Gasteiger partial charge in [0.15, 0.2) is 0 Å². The molecule has 0 aliphatic carbocycles. The minimum absolute atomic E-state index is 0.0400. The lowest BCUT2D eigenvalue weighted by atomic mass is 10.2. The van der Waals surface area contributed by atoms with Gasteiger partial charge in [-0.3, -0.25) is 10.1 Å². The zero-order valence-electron chi connectivity index (χ0n) is 7.91. The monoisotopic (exact) mass is 208 g/mol. The molecule has 0 saturated heterocycles. The summed E-state index contributed by atoms with van der Waals surface area (Å²) in [6, 6.07) is 5.82. The van der Waals surface area contributed by atoms with Crippen LogP contribution in [-0.2, 0) is 9.63 Å². The van der Waals surface area contributed by atoms with Gasteiger partial charge in [0, 0.05) is 24.6 Å². The molecular weight excluding hydrogens is 200 g/mol. The van der Waals surface area contributed by atoms with E-state index in [2.05, 4.69) is 9.99 Å². The molecule has 0 bridgehead atoms. The summed E-state index contributed by atoms with van der Waals surface area (Å²) in [7, 11) is 0. The van der Waals surface area contributed by atoms with Crippen LogP contribution < -0.4 is 0 Å². The molecule has 0 aliphatic rings. The van der Waals surface area contributed by atoms with Crippen molar-refractivity contribution in [2.75, 3.05) is 0 Å². The third-order valence-electron chi connectivity index (χ3n) is 1.46. The van der Waals surface area contributed by atoms with E-state index in [1.165, 1.54) is 31.3 Å². The standard InChI is InChI=1S/C9H8N2O4/c1-7(12)15-10-6-8-3-2-4-9(5-8)11(13)14/h2-6H,1H3. The number of non-ortho nitro benzene ring substituents is 1. The lowest BCUT2D eigenvalue weighted by Gasteiger charge is -1.93. The lowest BCUT2D eigenvalue weighted by molar-refractivity contribution is -0.384. The first-order valence-electron chi connectivity index (χ1n) is 4.05. The van der Waals surface area contributed by atoms with Crippen LogP contribution in [0.1, 0.15) is 12.5 Å². The summed E-state index contributed by atoms with van der Waals surface area (Å²) in [5, 5.41) is 13.8. The minimum atomic E-state index is -0.545. The summed E-state index contributed by atoms with van der Waals surface area (Å²) in [4.78, 5) is 24.6. The molecule has 0 aromatic heterocycles. The lowest BCUT2D eigenvalue weighted by Crippen LogP contribution is -1.93. The van der Waals surface area contributed by atoms with Gasteiger partial charge in [-0.2, -0.15) is 0 Å². The second kappa shape index (κ2) is 4.85. The Labute approximate surface area is 85.3 Å². The maximum absolute atomic E-state index is 10.4. The Bertz CT molecular complexity index is 414. The van der Waals surface area contributed by atoms with Crippen molar-refractivity contribution in [2.24, 2.45) is 5.16 Å². The third-order valence-corrected chi connectivity index (χ3v) is 1.46. The molecule has 1 rings (SSSR count). The van der Waals surface area contributed by atoms with Crippen molar-refractivity contribution >= 4 is 17.9 Å². The molecule has 0 radical (unpaired) electrons. The van der Waals surface area contributed by atoms with Gasteiger partial charge in [-0.05, 0) is 0 Å². The maximum Gasteiger partial charge on any atom is 0.331 e. The summed E-state index contributed by atoms with van der Waals surface area (Å²) < 4.78 is 0. The van der Waals surface area contributed by atoms with Gasteiger partial charge in [0.05, 0.1) is 11.1 Å². The first kappa shape index (κ1) is 10.8. The number of nitro benzene ring substituents is 1. The van der Waals surface area contributed by atoms with Crippen molar-refractivity contribution in [2.45, 2.75) is 6.92 Å². The van der Waals surface area contributed by atoms with Crippen molar-refractivity contribution in [3.05, 3.63) is 39.9 Å². The molecule has 1 aromatic rings. The van der Waals surface area contributed by atoms with Gasteiger partial charge < -0.3 is 4.84 Å². The second-order valence-electron chi connectivity index (χ2n) is 2.67. The molecule has 0 unspecified atom stereocenters. The Kier molecular flexibility index (Phi) is 3.50. The number of carbonyl (C=O) groups is 1. The van der Waals surface area contributed by atoms with Gasteiger partial charge in [-0.25, -0.2) is 4.79 Å². The summed E-state index contributed by atoms with van der Waals surface area (Å²) >= 11 is 0. The molecule has 0 fully saturated rings. The first-order valence-corrected chi connectivity index (χ1v) is 4.05. The first-order chi connectivity index (χ1) is 7.09. The van der Waals surface area contributed by atoms with Gasteiger partial charge in [0.25, 0.3) is 5.69 Å². The SMILES string of the molecule is CC(=O)ON=Cc1cccc([N+](=O)[O-])c1. The molecule has 6 nitrogen and oxygen atoms in total. The van der Waals surface area contributed by atoms with Crippen LogP contribution in [-0.4, -0.2) is 17.1 Å². The van der Waals surface area contributed by atoms with Crippen LogP contribution >= 0.6 is 0 Å². The molecule has 1 aromatic carbocycles. The number of carbonyl (C=O) groups excluding carboxylic acids is 1. The molecule has 0 heterocycles. The smallest absolute Gasteiger partial charge is 0.319 e. The zero-order valence-corrected chi connectivity index (χ0v) is 7.91. The molecular formula is C9H8N2O4. The highest BCUT2D eigenvalue weighted by Crippen LogP contribution is 2.11. The number of hydrogen-bond acceptors (Lipinski definition) is 5. The van der Waals surface area contributed by atoms with E-state index in [9.17, 15) is 14.9 Å². The minimum Gasteiger partial charge on any atom is -0.319 e. The number of hydrogen-bond donors (Lipinski definition) is 0. The largest absolute Gasteiger partial charge is 0.331 e. The summed E-state index contributed by atoms with van der Waals surface area (Å²) in [5.41, 5.74) is 0.451. The fraction of sp³-hybridized carbons (Fsp3) is 0.111. The van der Waals surface area contributed by atoms with Crippen LogP contribution in [0.15, 0.2) is 29.4 Å². The van der Waals surface area contributed by atoms with E-state index >= 15 is 0 Å². The number of oxime groups is 1. The highest BCUT2D eigenvalue weighted by molar-refractivity contribution is 5.80. The Morgan fingerprint density at radius 1 is 1.60 bits per heavy atom. The highest BCUT2D eigenvalue weighted by atomic mass is 16.7. The summed E-state index contributed by atoms with van der Waals surface area (Å²) in [6.45, 7) is 1.21. The van der Waals surface area contributed by atoms with E-state index in [4.69, 9.17) is 0 Å². The molecule has 0 spiro atoms. The fourth-order valence-corrected chi connectivity index (χ4v) is 0.880. The van der Waals surface area contributed by atoms with E-state index in [0.717, 1.165) is 0 Å². The summed E-state index contributed by atoms with van der Waals surface area (Å²) in [5.74, 6) is -0.545. The van der Waals surface area contributed by atoms with Crippen LogP contribution in [0.2, 0.25) is 0 Å². The molecule has 6 heteroatoms. The van der Waals surface area contributed by atoms with Gasteiger partial charge in [0.1, 0.15) is 0 Å². The predicted molar refractivity (Wildman–Crippen MR) is 52.5 cm³/mol. The van der Waals surface area contributed by atoms with E-state index in [1.54, 1.807) is 6.07 Å². The van der Waals surface area contributed by atoms with Gasteiger partial charge in [-0.1, -0.05) is 17.3 Å². The Morgan fingerprint density at radius 2 is 2.33 bits per heavy atom. The van der Waals surface area contributed by atoms with Crippen molar-refractivity contribution in [3.63, 3.8) is 0 Å². The van der Waals surface area contributed by atoms with Crippen LogP contribution in [0, 0.1) is 10.1 Å². The van der Waals surface area contributed by atoms with Crippen molar-refractivity contribution in [1.29, 1.82) is 0 Å². The number of nitrogens with zero attached hydrogens (tertiary/aromatic N) is 2. The van der Waals surface area contributed by atoms with Gasteiger partial charge in [0.2, 0.25) is 0 Å². The maximum atomic E-state index is 10.4.